The highest BCUT2D eigenvalue weighted by Crippen LogP contribution is 2.28. The Morgan fingerprint density at radius 1 is 0.895 bits per heavy atom. The Labute approximate surface area is 114 Å². The van der Waals surface area contributed by atoms with Crippen molar-refractivity contribution in [3.05, 3.63) is 53.1 Å². The molecule has 0 bridgehead atoms. The largest absolute Gasteiger partial charge is 0.493 e. The van der Waals surface area contributed by atoms with E-state index in [2.05, 4.69) is 6.07 Å². The van der Waals surface area contributed by atoms with E-state index in [0.29, 0.717) is 0 Å². The standard InChI is InChI=1S/C16H19NO2/c1-11-4-5-12(9-14(11)17)8-13-6-7-15(18-2)16(10-13)19-3/h4-7,9-10H,8,17H2,1-3H3. The molecule has 0 saturated carbocycles. The first-order chi connectivity index (χ1) is 9.13. The van der Waals surface area contributed by atoms with Crippen LogP contribution in [0.3, 0.4) is 0 Å². The third-order valence-corrected chi connectivity index (χ3v) is 3.20. The molecule has 0 atom stereocenters. The number of anilines is 1. The predicted octanol–water partition coefficient (Wildman–Crippen LogP) is 3.19. The molecule has 2 aromatic carbocycles. The highest BCUT2D eigenvalue weighted by molar-refractivity contribution is 5.50. The molecule has 0 radical (unpaired) electrons. The molecule has 100 valence electrons. The van der Waals surface area contributed by atoms with Gasteiger partial charge in [0.15, 0.2) is 11.5 Å². The summed E-state index contributed by atoms with van der Waals surface area (Å²) in [6.07, 6.45) is 0.824. The smallest absolute Gasteiger partial charge is 0.160 e. The van der Waals surface area contributed by atoms with Gasteiger partial charge in [0.2, 0.25) is 0 Å². The molecule has 0 aliphatic rings. The van der Waals surface area contributed by atoms with E-state index < -0.39 is 0 Å². The summed E-state index contributed by atoms with van der Waals surface area (Å²) < 4.78 is 10.5. The second kappa shape index (κ2) is 5.65. The summed E-state index contributed by atoms with van der Waals surface area (Å²) in [5.74, 6) is 1.50. The van der Waals surface area contributed by atoms with Crippen LogP contribution in [0.15, 0.2) is 36.4 Å². The second-order valence-corrected chi connectivity index (χ2v) is 4.56. The molecular formula is C16H19NO2. The summed E-state index contributed by atoms with van der Waals surface area (Å²) in [6.45, 7) is 2.01. The lowest BCUT2D eigenvalue weighted by Gasteiger charge is -2.10. The first-order valence-electron chi connectivity index (χ1n) is 6.20. The molecule has 0 aliphatic heterocycles. The molecule has 2 N–H and O–H groups in total. The molecule has 0 heterocycles. The van der Waals surface area contributed by atoms with Crippen molar-refractivity contribution in [2.24, 2.45) is 0 Å². The molecule has 3 nitrogen and oxygen atoms in total. The van der Waals surface area contributed by atoms with Crippen LogP contribution in [0.2, 0.25) is 0 Å². The average molecular weight is 257 g/mol. The minimum Gasteiger partial charge on any atom is -0.493 e. The van der Waals surface area contributed by atoms with Crippen LogP contribution in [0.25, 0.3) is 0 Å². The lowest BCUT2D eigenvalue weighted by atomic mass is 10.0. The Balaban J connectivity index is 2.25. The molecule has 0 aromatic heterocycles. The number of hydrogen-bond donors (Lipinski definition) is 1. The van der Waals surface area contributed by atoms with Gasteiger partial charge in [0.05, 0.1) is 14.2 Å². The monoisotopic (exact) mass is 257 g/mol. The van der Waals surface area contributed by atoms with Crippen molar-refractivity contribution in [2.75, 3.05) is 20.0 Å². The van der Waals surface area contributed by atoms with Crippen molar-refractivity contribution in [3.8, 4) is 11.5 Å². The lowest BCUT2D eigenvalue weighted by Crippen LogP contribution is -1.95. The molecule has 3 heteroatoms. The number of ether oxygens (including phenoxy) is 2. The molecule has 0 aliphatic carbocycles. The van der Waals surface area contributed by atoms with Gasteiger partial charge in [-0.05, 0) is 48.2 Å². The van der Waals surface area contributed by atoms with Gasteiger partial charge in [-0.2, -0.15) is 0 Å². The van der Waals surface area contributed by atoms with Gasteiger partial charge in [-0.15, -0.1) is 0 Å². The second-order valence-electron chi connectivity index (χ2n) is 4.56. The normalized spacial score (nSPS) is 10.3. The van der Waals surface area contributed by atoms with Crippen molar-refractivity contribution in [3.63, 3.8) is 0 Å². The Morgan fingerprint density at radius 3 is 2.16 bits per heavy atom. The third kappa shape index (κ3) is 2.99. The highest BCUT2D eigenvalue weighted by atomic mass is 16.5. The van der Waals surface area contributed by atoms with Gasteiger partial charge in [-0.1, -0.05) is 18.2 Å². The molecule has 0 saturated heterocycles. The van der Waals surface area contributed by atoms with Crippen LogP contribution in [-0.4, -0.2) is 14.2 Å². The minimum atomic E-state index is 0.745. The van der Waals surface area contributed by atoms with Crippen molar-refractivity contribution in [1.29, 1.82) is 0 Å². The quantitative estimate of drug-likeness (QED) is 0.855. The van der Waals surface area contributed by atoms with Crippen molar-refractivity contribution in [1.82, 2.24) is 0 Å². The Hall–Kier alpha value is -2.16. The Bertz CT molecular complexity index is 579. The SMILES string of the molecule is COc1ccc(Cc2ccc(C)c(N)c2)cc1OC. The van der Waals surface area contributed by atoms with Gasteiger partial charge in [0.1, 0.15) is 0 Å². The van der Waals surface area contributed by atoms with E-state index in [1.165, 1.54) is 11.1 Å². The van der Waals surface area contributed by atoms with Crippen LogP contribution in [-0.2, 0) is 6.42 Å². The van der Waals surface area contributed by atoms with E-state index in [4.69, 9.17) is 15.2 Å². The maximum Gasteiger partial charge on any atom is 0.160 e. The van der Waals surface area contributed by atoms with Gasteiger partial charge >= 0.3 is 0 Å². The van der Waals surface area contributed by atoms with E-state index in [1.54, 1.807) is 14.2 Å². The summed E-state index contributed by atoms with van der Waals surface area (Å²) in [7, 11) is 3.28. The minimum absolute atomic E-state index is 0.745. The highest BCUT2D eigenvalue weighted by Gasteiger charge is 2.05. The topological polar surface area (TPSA) is 44.5 Å². The Kier molecular flexibility index (Phi) is 3.95. The number of nitrogen functional groups attached to an aromatic ring is 1. The summed E-state index contributed by atoms with van der Waals surface area (Å²) in [5.41, 5.74) is 10.2. The van der Waals surface area contributed by atoms with E-state index in [-0.39, 0.29) is 0 Å². The predicted molar refractivity (Wildman–Crippen MR) is 77.9 cm³/mol. The number of rotatable bonds is 4. The van der Waals surface area contributed by atoms with E-state index >= 15 is 0 Å². The summed E-state index contributed by atoms with van der Waals surface area (Å²) in [6, 6.07) is 12.1. The van der Waals surface area contributed by atoms with Crippen LogP contribution in [0.5, 0.6) is 11.5 Å². The molecule has 2 aromatic rings. The van der Waals surface area contributed by atoms with Gasteiger partial charge < -0.3 is 15.2 Å². The van der Waals surface area contributed by atoms with E-state index in [9.17, 15) is 0 Å². The fourth-order valence-corrected chi connectivity index (χ4v) is 2.03. The maximum atomic E-state index is 5.93. The van der Waals surface area contributed by atoms with Gasteiger partial charge in [0, 0.05) is 5.69 Å². The molecule has 0 unspecified atom stereocenters. The van der Waals surface area contributed by atoms with Crippen LogP contribution in [0, 0.1) is 6.92 Å². The molecule has 0 spiro atoms. The number of hydrogen-bond acceptors (Lipinski definition) is 3. The maximum absolute atomic E-state index is 5.93. The first-order valence-corrected chi connectivity index (χ1v) is 6.20. The zero-order valence-electron chi connectivity index (χ0n) is 11.6. The van der Waals surface area contributed by atoms with E-state index in [1.807, 2.05) is 37.3 Å². The van der Waals surface area contributed by atoms with Gasteiger partial charge in [-0.25, -0.2) is 0 Å². The van der Waals surface area contributed by atoms with Crippen molar-refractivity contribution >= 4 is 5.69 Å². The van der Waals surface area contributed by atoms with Gasteiger partial charge in [-0.3, -0.25) is 0 Å². The Morgan fingerprint density at radius 2 is 1.53 bits per heavy atom. The number of benzene rings is 2. The fraction of sp³-hybridized carbons (Fsp3) is 0.250. The fourth-order valence-electron chi connectivity index (χ4n) is 2.03. The van der Waals surface area contributed by atoms with Crippen molar-refractivity contribution in [2.45, 2.75) is 13.3 Å². The van der Waals surface area contributed by atoms with Crippen molar-refractivity contribution < 1.29 is 9.47 Å². The molecule has 2 rings (SSSR count). The zero-order valence-corrected chi connectivity index (χ0v) is 11.6. The third-order valence-electron chi connectivity index (χ3n) is 3.20. The molecular weight excluding hydrogens is 238 g/mol. The van der Waals surface area contributed by atoms with Crippen LogP contribution < -0.4 is 15.2 Å². The van der Waals surface area contributed by atoms with E-state index in [0.717, 1.165) is 29.2 Å². The molecule has 19 heavy (non-hydrogen) atoms. The molecule has 0 amide bonds. The number of methoxy groups -OCH3 is 2. The average Bonchev–Trinajstić information content (AvgIpc) is 2.43. The summed E-state index contributed by atoms with van der Waals surface area (Å²) in [4.78, 5) is 0. The van der Waals surface area contributed by atoms with Gasteiger partial charge in [0.25, 0.3) is 0 Å². The lowest BCUT2D eigenvalue weighted by molar-refractivity contribution is 0.354. The zero-order chi connectivity index (χ0) is 13.8. The first kappa shape index (κ1) is 13.3. The summed E-state index contributed by atoms with van der Waals surface area (Å²) >= 11 is 0. The van der Waals surface area contributed by atoms with Crippen LogP contribution in [0.1, 0.15) is 16.7 Å². The van der Waals surface area contributed by atoms with Crippen LogP contribution >= 0.6 is 0 Å². The molecule has 0 fully saturated rings. The number of nitrogens with two attached hydrogens (primary N) is 1. The summed E-state index contributed by atoms with van der Waals surface area (Å²) in [5, 5.41) is 0. The number of aryl methyl sites for hydroxylation is 1. The van der Waals surface area contributed by atoms with Crippen LogP contribution in [0.4, 0.5) is 5.69 Å².